The summed E-state index contributed by atoms with van der Waals surface area (Å²) >= 11 is 0. The van der Waals surface area contributed by atoms with Crippen molar-refractivity contribution in [1.82, 2.24) is 14.7 Å². The van der Waals surface area contributed by atoms with Crippen LogP contribution in [0.2, 0.25) is 0 Å². The standard InChI is InChI=1S/C28H32F3N5O4/c1-15-12-21-24(25(37)16(15)2)26(28(29,30)31)34-36(21)18-7-8-19(27(32)38)20(14-18)33-17-6-9-22(39-5)23(13-17)40-11-10-35(3)4/h6-9,13-16,33H,10-12H2,1-5H3,(H2,32,38)/t15-,16?/m0/s1. The summed E-state index contributed by atoms with van der Waals surface area (Å²) in [6.07, 6.45) is -4.58. The molecule has 40 heavy (non-hydrogen) atoms. The number of hydrogen-bond donors (Lipinski definition) is 2. The normalized spacial score (nSPS) is 17.1. The van der Waals surface area contributed by atoms with Gasteiger partial charge in [0.1, 0.15) is 6.61 Å². The van der Waals surface area contributed by atoms with Gasteiger partial charge in [-0.1, -0.05) is 13.8 Å². The Morgan fingerprint density at radius 1 is 1.18 bits per heavy atom. The molecule has 3 aromatic rings. The van der Waals surface area contributed by atoms with Gasteiger partial charge in [-0.05, 0) is 56.8 Å². The number of nitrogens with zero attached hydrogens (tertiary/aromatic N) is 3. The zero-order valence-electron chi connectivity index (χ0n) is 22.9. The maximum atomic E-state index is 13.9. The van der Waals surface area contributed by atoms with Crippen molar-refractivity contribution in [1.29, 1.82) is 0 Å². The Bertz CT molecular complexity index is 1430. The quantitative estimate of drug-likeness (QED) is 0.391. The molecular weight excluding hydrogens is 527 g/mol. The minimum Gasteiger partial charge on any atom is -0.493 e. The van der Waals surface area contributed by atoms with Crippen LogP contribution in [0.5, 0.6) is 11.5 Å². The van der Waals surface area contributed by atoms with Gasteiger partial charge in [0.15, 0.2) is 23.0 Å². The Hall–Kier alpha value is -4.06. The molecular formula is C28H32F3N5O4. The predicted molar refractivity (Wildman–Crippen MR) is 144 cm³/mol. The Balaban J connectivity index is 1.78. The van der Waals surface area contributed by atoms with Crippen LogP contribution in [-0.2, 0) is 12.6 Å². The highest BCUT2D eigenvalue weighted by Crippen LogP contribution is 2.40. The van der Waals surface area contributed by atoms with Crippen molar-refractivity contribution in [2.75, 3.05) is 39.7 Å². The maximum Gasteiger partial charge on any atom is 0.435 e. The first-order chi connectivity index (χ1) is 18.8. The van der Waals surface area contributed by atoms with Crippen molar-refractivity contribution in [3.05, 3.63) is 58.9 Å². The van der Waals surface area contributed by atoms with Gasteiger partial charge in [-0.15, -0.1) is 0 Å². The van der Waals surface area contributed by atoms with E-state index in [0.717, 1.165) is 4.68 Å². The van der Waals surface area contributed by atoms with Crippen molar-refractivity contribution < 1.29 is 32.2 Å². The largest absolute Gasteiger partial charge is 0.493 e. The fourth-order valence-corrected chi connectivity index (χ4v) is 4.62. The number of fused-ring (bicyclic) bond motifs is 1. The molecule has 1 aliphatic carbocycles. The number of amides is 1. The summed E-state index contributed by atoms with van der Waals surface area (Å²) in [5.41, 5.74) is 5.30. The Labute approximate surface area is 230 Å². The van der Waals surface area contributed by atoms with Crippen molar-refractivity contribution in [2.24, 2.45) is 17.6 Å². The van der Waals surface area contributed by atoms with E-state index in [1.807, 2.05) is 25.9 Å². The lowest BCUT2D eigenvalue weighted by molar-refractivity contribution is -0.141. The van der Waals surface area contributed by atoms with E-state index in [2.05, 4.69) is 10.4 Å². The van der Waals surface area contributed by atoms with Crippen LogP contribution in [0.3, 0.4) is 0 Å². The molecule has 3 N–H and O–H groups in total. The highest BCUT2D eigenvalue weighted by Gasteiger charge is 2.45. The van der Waals surface area contributed by atoms with Gasteiger partial charge in [0, 0.05) is 24.2 Å². The second kappa shape index (κ2) is 11.2. The average Bonchev–Trinajstić information content (AvgIpc) is 3.27. The Morgan fingerprint density at radius 3 is 2.52 bits per heavy atom. The molecule has 1 amide bonds. The number of benzene rings is 2. The number of hydrogen-bond acceptors (Lipinski definition) is 7. The van der Waals surface area contributed by atoms with E-state index in [9.17, 15) is 22.8 Å². The number of methoxy groups -OCH3 is 1. The fraction of sp³-hybridized carbons (Fsp3) is 0.393. The third-order valence-corrected chi connectivity index (χ3v) is 7.03. The van der Waals surface area contributed by atoms with Gasteiger partial charge < -0.3 is 25.4 Å². The van der Waals surface area contributed by atoms with Crippen molar-refractivity contribution >= 4 is 23.1 Å². The first kappa shape index (κ1) is 28.9. The number of carbonyl (C=O) groups excluding carboxylic acids is 2. The van der Waals surface area contributed by atoms with Gasteiger partial charge in [0.25, 0.3) is 5.91 Å². The van der Waals surface area contributed by atoms with Crippen LogP contribution in [0.25, 0.3) is 5.69 Å². The molecule has 1 heterocycles. The van der Waals surface area contributed by atoms with E-state index in [1.54, 1.807) is 25.1 Å². The zero-order chi connectivity index (χ0) is 29.4. The van der Waals surface area contributed by atoms with Gasteiger partial charge in [0.2, 0.25) is 0 Å². The van der Waals surface area contributed by atoms with E-state index in [0.29, 0.717) is 30.3 Å². The number of nitrogens with one attached hydrogen (secondary N) is 1. The van der Waals surface area contributed by atoms with Crippen LogP contribution in [0.4, 0.5) is 24.5 Å². The fourth-order valence-electron chi connectivity index (χ4n) is 4.62. The molecule has 0 spiro atoms. The third-order valence-electron chi connectivity index (χ3n) is 7.03. The molecule has 0 saturated heterocycles. The number of ether oxygens (including phenoxy) is 2. The number of rotatable bonds is 9. The molecule has 0 bridgehead atoms. The second-order valence-corrected chi connectivity index (χ2v) is 10.2. The molecule has 0 saturated carbocycles. The smallest absolute Gasteiger partial charge is 0.435 e. The molecule has 1 aromatic heterocycles. The van der Waals surface area contributed by atoms with Crippen LogP contribution >= 0.6 is 0 Å². The van der Waals surface area contributed by atoms with Crippen LogP contribution in [-0.4, -0.2) is 60.7 Å². The summed E-state index contributed by atoms with van der Waals surface area (Å²) in [5.74, 6) is -1.09. The van der Waals surface area contributed by atoms with E-state index in [-0.39, 0.29) is 35.0 Å². The summed E-state index contributed by atoms with van der Waals surface area (Å²) in [7, 11) is 5.35. The van der Waals surface area contributed by atoms with Crippen molar-refractivity contribution in [3.8, 4) is 17.2 Å². The third kappa shape index (κ3) is 5.76. The lowest BCUT2D eigenvalue weighted by atomic mass is 9.78. The van der Waals surface area contributed by atoms with Gasteiger partial charge >= 0.3 is 6.18 Å². The lowest BCUT2D eigenvalue weighted by Crippen LogP contribution is -2.29. The number of carbonyl (C=O) groups is 2. The molecule has 214 valence electrons. The molecule has 0 radical (unpaired) electrons. The van der Waals surface area contributed by atoms with Crippen LogP contribution in [0.1, 0.15) is 46.0 Å². The Morgan fingerprint density at radius 2 is 1.90 bits per heavy atom. The molecule has 9 nitrogen and oxygen atoms in total. The molecule has 2 atom stereocenters. The van der Waals surface area contributed by atoms with Crippen molar-refractivity contribution in [3.63, 3.8) is 0 Å². The van der Waals surface area contributed by atoms with Gasteiger partial charge in [0.05, 0.1) is 35.3 Å². The number of anilines is 2. The first-order valence-corrected chi connectivity index (χ1v) is 12.7. The van der Waals surface area contributed by atoms with Gasteiger partial charge in [-0.2, -0.15) is 18.3 Å². The predicted octanol–water partition coefficient (Wildman–Crippen LogP) is 4.69. The summed E-state index contributed by atoms with van der Waals surface area (Å²) in [4.78, 5) is 27.1. The monoisotopic (exact) mass is 559 g/mol. The van der Waals surface area contributed by atoms with Gasteiger partial charge in [-0.3, -0.25) is 9.59 Å². The Kier molecular flexibility index (Phi) is 8.10. The average molecular weight is 560 g/mol. The molecule has 12 heteroatoms. The minimum absolute atomic E-state index is 0.116. The summed E-state index contributed by atoms with van der Waals surface area (Å²) in [6.45, 7) is 4.52. The van der Waals surface area contributed by atoms with E-state index < -0.39 is 35.0 Å². The minimum atomic E-state index is -4.81. The molecule has 0 aliphatic heterocycles. The summed E-state index contributed by atoms with van der Waals surface area (Å²) in [5, 5.41) is 6.97. The number of nitrogens with two attached hydrogens (primary N) is 1. The number of ketones is 1. The highest BCUT2D eigenvalue weighted by molar-refractivity contribution is 6.02. The number of likely N-dealkylation sites (N-methyl/N-ethyl adjacent to an activating group) is 1. The molecule has 1 unspecified atom stereocenters. The second-order valence-electron chi connectivity index (χ2n) is 10.2. The highest BCUT2D eigenvalue weighted by atomic mass is 19.4. The van der Waals surface area contributed by atoms with Crippen molar-refractivity contribution in [2.45, 2.75) is 26.4 Å². The first-order valence-electron chi connectivity index (χ1n) is 12.7. The van der Waals surface area contributed by atoms with Crippen LogP contribution < -0.4 is 20.5 Å². The topological polar surface area (TPSA) is 112 Å². The van der Waals surface area contributed by atoms with E-state index in [4.69, 9.17) is 15.2 Å². The van der Waals surface area contributed by atoms with Gasteiger partial charge in [-0.25, -0.2) is 4.68 Å². The number of halogens is 3. The van der Waals surface area contributed by atoms with Crippen LogP contribution in [0, 0.1) is 11.8 Å². The molecule has 0 fully saturated rings. The number of Topliss-reactive ketones (excluding diaryl/α,β-unsaturated/α-hetero) is 1. The van der Waals surface area contributed by atoms with E-state index >= 15 is 0 Å². The maximum absolute atomic E-state index is 13.9. The molecule has 4 rings (SSSR count). The number of primary amides is 1. The summed E-state index contributed by atoms with van der Waals surface area (Å²) in [6, 6.07) is 9.43. The van der Waals surface area contributed by atoms with Crippen LogP contribution in [0.15, 0.2) is 36.4 Å². The molecule has 2 aromatic carbocycles. The van der Waals surface area contributed by atoms with E-state index in [1.165, 1.54) is 25.3 Å². The zero-order valence-corrected chi connectivity index (χ0v) is 22.9. The number of alkyl halides is 3. The SMILES string of the molecule is COc1ccc(Nc2cc(-n3nc(C(F)(F)F)c4c3C[C@H](C)C(C)C4=O)ccc2C(N)=O)cc1OCCN(C)C. The molecule has 1 aliphatic rings. The summed E-state index contributed by atoms with van der Waals surface area (Å²) < 4.78 is 54.2. The lowest BCUT2D eigenvalue weighted by Gasteiger charge is -2.25. The number of aromatic nitrogens is 2.